The summed E-state index contributed by atoms with van der Waals surface area (Å²) in [7, 11) is 1.98. The number of rotatable bonds is 6. The summed E-state index contributed by atoms with van der Waals surface area (Å²) in [6.07, 6.45) is 2.20. The molecule has 0 aliphatic rings. The molecule has 2 rings (SSSR count). The Morgan fingerprint density at radius 2 is 1.96 bits per heavy atom. The summed E-state index contributed by atoms with van der Waals surface area (Å²) in [6, 6.07) is 9.17. The number of unbranched alkanes of at least 4 members (excludes halogenated alkanes) is 1. The van der Waals surface area contributed by atoms with Crippen molar-refractivity contribution in [2.75, 3.05) is 23.8 Å². The Labute approximate surface area is 145 Å². The third-order valence-electron chi connectivity index (χ3n) is 3.40. The second-order valence-electron chi connectivity index (χ2n) is 5.39. The first kappa shape index (κ1) is 17.4. The Bertz CT molecular complexity index is 673. The van der Waals surface area contributed by atoms with E-state index in [1.807, 2.05) is 31.3 Å². The Morgan fingerprint density at radius 1 is 1.26 bits per heavy atom. The van der Waals surface area contributed by atoms with E-state index in [0.29, 0.717) is 11.5 Å². The zero-order chi connectivity index (χ0) is 16.8. The molecule has 5 nitrogen and oxygen atoms in total. The smallest absolute Gasteiger partial charge is 0.274 e. The lowest BCUT2D eigenvalue weighted by Crippen LogP contribution is -2.22. The van der Waals surface area contributed by atoms with Gasteiger partial charge in [-0.25, -0.2) is 9.97 Å². The van der Waals surface area contributed by atoms with E-state index in [-0.39, 0.29) is 5.91 Å². The van der Waals surface area contributed by atoms with Crippen molar-refractivity contribution in [1.82, 2.24) is 9.97 Å². The number of nitrogens with zero attached hydrogens (tertiary/aromatic N) is 3. The van der Waals surface area contributed by atoms with Gasteiger partial charge in [0.1, 0.15) is 17.3 Å². The molecule has 0 aliphatic carbocycles. The molecular formula is C17H21BrN4O. The molecule has 1 amide bonds. The van der Waals surface area contributed by atoms with Crippen LogP contribution < -0.4 is 10.2 Å². The minimum Gasteiger partial charge on any atom is -0.360 e. The Balaban J connectivity index is 2.16. The molecule has 6 heteroatoms. The van der Waals surface area contributed by atoms with Crippen LogP contribution in [0.1, 0.15) is 36.1 Å². The molecule has 0 saturated heterocycles. The van der Waals surface area contributed by atoms with Crippen molar-refractivity contribution < 1.29 is 4.79 Å². The Hall–Kier alpha value is -1.95. The van der Waals surface area contributed by atoms with Crippen LogP contribution in [-0.4, -0.2) is 29.5 Å². The summed E-state index contributed by atoms with van der Waals surface area (Å²) in [6.45, 7) is 4.85. The SMILES string of the molecule is CCCCN(C)c1cc(C(=O)Nc2ccc(Br)cc2)nc(C)n1. The monoisotopic (exact) mass is 376 g/mol. The molecule has 0 saturated carbocycles. The van der Waals surface area contributed by atoms with Gasteiger partial charge in [0.15, 0.2) is 0 Å². The van der Waals surface area contributed by atoms with E-state index in [9.17, 15) is 4.79 Å². The van der Waals surface area contributed by atoms with Crippen molar-refractivity contribution in [2.24, 2.45) is 0 Å². The third-order valence-corrected chi connectivity index (χ3v) is 3.93. The van der Waals surface area contributed by atoms with E-state index >= 15 is 0 Å². The summed E-state index contributed by atoms with van der Waals surface area (Å²) in [4.78, 5) is 23.1. The van der Waals surface area contributed by atoms with Crippen LogP contribution in [0.3, 0.4) is 0 Å². The Morgan fingerprint density at radius 3 is 2.61 bits per heavy atom. The molecule has 0 spiro atoms. The molecule has 122 valence electrons. The molecule has 1 aromatic carbocycles. The number of amides is 1. The normalized spacial score (nSPS) is 10.4. The number of halogens is 1. The summed E-state index contributed by atoms with van der Waals surface area (Å²) >= 11 is 3.37. The van der Waals surface area contributed by atoms with Crippen LogP contribution in [0.5, 0.6) is 0 Å². The van der Waals surface area contributed by atoms with Gasteiger partial charge in [0.25, 0.3) is 5.91 Å². The fourth-order valence-corrected chi connectivity index (χ4v) is 2.37. The van der Waals surface area contributed by atoms with Crippen LogP contribution in [-0.2, 0) is 0 Å². The first-order chi connectivity index (χ1) is 11.0. The van der Waals surface area contributed by atoms with Gasteiger partial charge in [0.05, 0.1) is 0 Å². The van der Waals surface area contributed by atoms with Crippen molar-refractivity contribution in [3.8, 4) is 0 Å². The molecule has 23 heavy (non-hydrogen) atoms. The van der Waals surface area contributed by atoms with Crippen LogP contribution in [0.2, 0.25) is 0 Å². The zero-order valence-corrected chi connectivity index (χ0v) is 15.2. The minimum absolute atomic E-state index is 0.233. The summed E-state index contributed by atoms with van der Waals surface area (Å²) in [5.41, 5.74) is 1.11. The maximum atomic E-state index is 12.4. The predicted molar refractivity (Wildman–Crippen MR) is 97.0 cm³/mol. The average Bonchev–Trinajstić information content (AvgIpc) is 2.54. The van der Waals surface area contributed by atoms with Gasteiger partial charge in [0, 0.05) is 29.8 Å². The maximum Gasteiger partial charge on any atom is 0.274 e. The number of hydrogen-bond donors (Lipinski definition) is 1. The van der Waals surface area contributed by atoms with Crippen LogP contribution in [0.25, 0.3) is 0 Å². The predicted octanol–water partition coefficient (Wildman–Crippen LogP) is 4.04. The zero-order valence-electron chi connectivity index (χ0n) is 13.6. The second kappa shape index (κ2) is 8.06. The molecule has 0 unspecified atom stereocenters. The van der Waals surface area contributed by atoms with E-state index in [4.69, 9.17) is 0 Å². The average molecular weight is 377 g/mol. The van der Waals surface area contributed by atoms with Gasteiger partial charge in [0.2, 0.25) is 0 Å². The fourth-order valence-electron chi connectivity index (χ4n) is 2.10. The van der Waals surface area contributed by atoms with Gasteiger partial charge in [-0.2, -0.15) is 0 Å². The van der Waals surface area contributed by atoms with Crippen molar-refractivity contribution in [1.29, 1.82) is 0 Å². The molecule has 0 atom stereocenters. The van der Waals surface area contributed by atoms with Gasteiger partial charge in [-0.3, -0.25) is 4.79 Å². The minimum atomic E-state index is -0.233. The molecule has 1 aromatic heterocycles. The second-order valence-corrected chi connectivity index (χ2v) is 6.31. The molecular weight excluding hydrogens is 356 g/mol. The third kappa shape index (κ3) is 5.03. The molecule has 2 aromatic rings. The fraction of sp³-hybridized carbons (Fsp3) is 0.353. The number of hydrogen-bond acceptors (Lipinski definition) is 4. The summed E-state index contributed by atoms with van der Waals surface area (Å²) < 4.78 is 0.966. The first-order valence-corrected chi connectivity index (χ1v) is 8.42. The highest BCUT2D eigenvalue weighted by atomic mass is 79.9. The number of aryl methyl sites for hydroxylation is 1. The van der Waals surface area contributed by atoms with Gasteiger partial charge >= 0.3 is 0 Å². The van der Waals surface area contributed by atoms with Crippen molar-refractivity contribution in [3.63, 3.8) is 0 Å². The number of aromatic nitrogens is 2. The van der Waals surface area contributed by atoms with E-state index in [2.05, 4.69) is 43.0 Å². The lowest BCUT2D eigenvalue weighted by atomic mass is 10.3. The number of carbonyl (C=O) groups excluding carboxylic acids is 1. The molecule has 0 bridgehead atoms. The molecule has 1 N–H and O–H groups in total. The van der Waals surface area contributed by atoms with Crippen molar-refractivity contribution in [2.45, 2.75) is 26.7 Å². The lowest BCUT2D eigenvalue weighted by molar-refractivity contribution is 0.102. The summed E-state index contributed by atoms with van der Waals surface area (Å²) in [5.74, 6) is 1.13. The number of anilines is 2. The maximum absolute atomic E-state index is 12.4. The highest BCUT2D eigenvalue weighted by Crippen LogP contribution is 2.16. The van der Waals surface area contributed by atoms with E-state index in [1.165, 1.54) is 0 Å². The van der Waals surface area contributed by atoms with Crippen molar-refractivity contribution in [3.05, 3.63) is 46.3 Å². The lowest BCUT2D eigenvalue weighted by Gasteiger charge is -2.18. The number of nitrogens with one attached hydrogen (secondary N) is 1. The first-order valence-electron chi connectivity index (χ1n) is 7.63. The van der Waals surface area contributed by atoms with Gasteiger partial charge in [-0.15, -0.1) is 0 Å². The van der Waals surface area contributed by atoms with Crippen LogP contribution in [0.15, 0.2) is 34.8 Å². The molecule has 0 radical (unpaired) electrons. The highest BCUT2D eigenvalue weighted by molar-refractivity contribution is 9.10. The van der Waals surface area contributed by atoms with E-state index in [0.717, 1.165) is 35.4 Å². The van der Waals surface area contributed by atoms with Gasteiger partial charge in [-0.1, -0.05) is 29.3 Å². The van der Waals surface area contributed by atoms with E-state index < -0.39 is 0 Å². The number of carbonyl (C=O) groups is 1. The molecule has 0 aliphatic heterocycles. The van der Waals surface area contributed by atoms with Gasteiger partial charge in [-0.05, 0) is 37.6 Å². The van der Waals surface area contributed by atoms with Crippen LogP contribution >= 0.6 is 15.9 Å². The topological polar surface area (TPSA) is 58.1 Å². The Kier molecular flexibility index (Phi) is 6.10. The summed E-state index contributed by atoms with van der Waals surface area (Å²) in [5, 5.41) is 2.85. The number of benzene rings is 1. The van der Waals surface area contributed by atoms with Crippen LogP contribution in [0.4, 0.5) is 11.5 Å². The largest absolute Gasteiger partial charge is 0.360 e. The quantitative estimate of drug-likeness (QED) is 0.826. The van der Waals surface area contributed by atoms with Crippen LogP contribution in [0, 0.1) is 6.92 Å². The highest BCUT2D eigenvalue weighted by Gasteiger charge is 2.13. The van der Waals surface area contributed by atoms with E-state index in [1.54, 1.807) is 13.0 Å². The molecule has 1 heterocycles. The van der Waals surface area contributed by atoms with Crippen molar-refractivity contribution >= 4 is 33.3 Å². The standard InChI is InChI=1S/C17H21BrN4O/c1-4-5-10-22(3)16-11-15(19-12(2)20-16)17(23)21-14-8-6-13(18)7-9-14/h6-9,11H,4-5,10H2,1-3H3,(H,21,23). The molecule has 0 fully saturated rings. The van der Waals surface area contributed by atoms with Gasteiger partial charge < -0.3 is 10.2 Å².